The van der Waals surface area contributed by atoms with E-state index < -0.39 is 15.9 Å². The molecule has 1 heterocycles. The van der Waals surface area contributed by atoms with Crippen molar-refractivity contribution < 1.29 is 22.7 Å². The number of rotatable bonds is 6. The lowest BCUT2D eigenvalue weighted by Gasteiger charge is -2.21. The number of amides is 1. The van der Waals surface area contributed by atoms with E-state index in [1.165, 1.54) is 18.2 Å². The molecule has 1 amide bonds. The van der Waals surface area contributed by atoms with Crippen molar-refractivity contribution in [3.05, 3.63) is 82.9 Å². The SMILES string of the molecule is C[C@@H](NC(=O)c1cccc(S(=O)(=O)Nc2ccc(Cl)cc2)c1)c1ccc2c(c1)OCCO2. The summed E-state index contributed by atoms with van der Waals surface area (Å²) < 4.78 is 39.1. The molecule has 0 radical (unpaired) electrons. The fraction of sp³-hybridized carbons (Fsp3) is 0.174. The Hall–Kier alpha value is -3.23. The van der Waals surface area contributed by atoms with Gasteiger partial charge in [0.05, 0.1) is 10.9 Å². The maximum atomic E-state index is 12.8. The molecule has 0 unspecified atom stereocenters. The number of halogens is 1. The topological polar surface area (TPSA) is 93.7 Å². The molecule has 1 aliphatic heterocycles. The molecule has 3 aromatic carbocycles. The standard InChI is InChI=1S/C23H21ClN2O5S/c1-15(16-5-10-21-22(14-16)31-12-11-30-21)25-23(27)17-3-2-4-20(13-17)32(28,29)26-19-8-6-18(24)7-9-19/h2-10,13-15,26H,11-12H2,1H3,(H,25,27)/t15-/m1/s1. The van der Waals surface area contributed by atoms with Gasteiger partial charge in [0.2, 0.25) is 0 Å². The minimum absolute atomic E-state index is 0.0212. The van der Waals surface area contributed by atoms with E-state index >= 15 is 0 Å². The van der Waals surface area contributed by atoms with E-state index in [2.05, 4.69) is 10.0 Å². The van der Waals surface area contributed by atoms with Gasteiger partial charge in [-0.05, 0) is 67.1 Å². The van der Waals surface area contributed by atoms with E-state index in [4.69, 9.17) is 21.1 Å². The number of benzene rings is 3. The second kappa shape index (κ2) is 9.10. The second-order valence-corrected chi connectivity index (χ2v) is 9.36. The molecule has 0 aromatic heterocycles. The van der Waals surface area contributed by atoms with Gasteiger partial charge in [-0.2, -0.15) is 0 Å². The molecule has 3 aromatic rings. The lowest BCUT2D eigenvalue weighted by Crippen LogP contribution is -2.27. The number of sulfonamides is 1. The highest BCUT2D eigenvalue weighted by Crippen LogP contribution is 2.32. The zero-order valence-corrected chi connectivity index (χ0v) is 18.7. The first-order valence-electron chi connectivity index (χ1n) is 9.91. The molecule has 2 N–H and O–H groups in total. The van der Waals surface area contributed by atoms with Gasteiger partial charge in [-0.15, -0.1) is 0 Å². The fourth-order valence-electron chi connectivity index (χ4n) is 3.23. The van der Waals surface area contributed by atoms with Crippen LogP contribution in [0.5, 0.6) is 11.5 Å². The summed E-state index contributed by atoms with van der Waals surface area (Å²) in [4.78, 5) is 12.8. The molecular weight excluding hydrogens is 452 g/mol. The summed E-state index contributed by atoms with van der Waals surface area (Å²) in [6.07, 6.45) is 0. The molecule has 0 bridgehead atoms. The lowest BCUT2D eigenvalue weighted by atomic mass is 10.1. The zero-order chi connectivity index (χ0) is 22.7. The van der Waals surface area contributed by atoms with Crippen LogP contribution in [0, 0.1) is 0 Å². The summed E-state index contributed by atoms with van der Waals surface area (Å²) in [5.41, 5.74) is 1.45. The molecular formula is C23H21ClN2O5S. The number of hydrogen-bond acceptors (Lipinski definition) is 5. The van der Waals surface area contributed by atoms with Crippen LogP contribution in [0.3, 0.4) is 0 Å². The molecule has 0 aliphatic carbocycles. The summed E-state index contributed by atoms with van der Waals surface area (Å²) in [5, 5.41) is 3.39. The van der Waals surface area contributed by atoms with Gasteiger partial charge in [0.1, 0.15) is 13.2 Å². The highest BCUT2D eigenvalue weighted by molar-refractivity contribution is 7.92. The highest BCUT2D eigenvalue weighted by Gasteiger charge is 2.19. The van der Waals surface area contributed by atoms with Crippen LogP contribution in [0.25, 0.3) is 0 Å². The third-order valence-electron chi connectivity index (χ3n) is 4.92. The average Bonchev–Trinajstić information content (AvgIpc) is 2.80. The molecule has 1 atom stereocenters. The molecule has 0 spiro atoms. The predicted octanol–water partition coefficient (Wildman–Crippen LogP) is 4.40. The van der Waals surface area contributed by atoms with Crippen LogP contribution < -0.4 is 19.5 Å². The Morgan fingerprint density at radius 3 is 2.44 bits per heavy atom. The average molecular weight is 473 g/mol. The maximum absolute atomic E-state index is 12.8. The van der Waals surface area contributed by atoms with Crippen LogP contribution in [0.1, 0.15) is 28.9 Å². The highest BCUT2D eigenvalue weighted by atomic mass is 35.5. The Kier molecular flexibility index (Phi) is 6.25. The van der Waals surface area contributed by atoms with Crippen LogP contribution >= 0.6 is 11.6 Å². The molecule has 4 rings (SSSR count). The number of carbonyl (C=O) groups is 1. The summed E-state index contributed by atoms with van der Waals surface area (Å²) in [7, 11) is -3.88. The Bertz CT molecular complexity index is 1250. The monoisotopic (exact) mass is 472 g/mol. The number of hydrogen-bond donors (Lipinski definition) is 2. The van der Waals surface area contributed by atoms with Crippen LogP contribution in [-0.2, 0) is 10.0 Å². The van der Waals surface area contributed by atoms with Crippen molar-refractivity contribution in [2.24, 2.45) is 0 Å². The number of carbonyl (C=O) groups excluding carboxylic acids is 1. The molecule has 7 nitrogen and oxygen atoms in total. The third kappa shape index (κ3) is 4.98. The lowest BCUT2D eigenvalue weighted by molar-refractivity contribution is 0.0939. The van der Waals surface area contributed by atoms with Gasteiger partial charge in [-0.1, -0.05) is 23.7 Å². The van der Waals surface area contributed by atoms with Gasteiger partial charge >= 0.3 is 0 Å². The normalized spacial score (nSPS) is 13.8. The molecule has 166 valence electrons. The number of ether oxygens (including phenoxy) is 2. The van der Waals surface area contributed by atoms with E-state index in [9.17, 15) is 13.2 Å². The van der Waals surface area contributed by atoms with E-state index in [0.29, 0.717) is 35.4 Å². The van der Waals surface area contributed by atoms with Crippen molar-refractivity contribution in [1.29, 1.82) is 0 Å². The molecule has 9 heteroatoms. The molecule has 0 saturated heterocycles. The van der Waals surface area contributed by atoms with Crippen LogP contribution in [-0.4, -0.2) is 27.5 Å². The van der Waals surface area contributed by atoms with Gasteiger partial charge in [-0.3, -0.25) is 9.52 Å². The Morgan fingerprint density at radius 2 is 1.69 bits per heavy atom. The molecule has 1 aliphatic rings. The van der Waals surface area contributed by atoms with Crippen molar-refractivity contribution >= 4 is 33.2 Å². The fourth-order valence-corrected chi connectivity index (χ4v) is 4.46. The second-order valence-electron chi connectivity index (χ2n) is 7.24. The minimum Gasteiger partial charge on any atom is -0.486 e. The quantitative estimate of drug-likeness (QED) is 0.554. The smallest absolute Gasteiger partial charge is 0.261 e. The third-order valence-corrected chi connectivity index (χ3v) is 6.55. The van der Waals surface area contributed by atoms with Crippen molar-refractivity contribution in [3.63, 3.8) is 0 Å². The summed E-state index contributed by atoms with van der Waals surface area (Å²) in [6.45, 7) is 2.82. The first kappa shape index (κ1) is 22.0. The zero-order valence-electron chi connectivity index (χ0n) is 17.2. The van der Waals surface area contributed by atoms with Gasteiger partial charge in [-0.25, -0.2) is 8.42 Å². The summed E-state index contributed by atoms with van der Waals surface area (Å²) >= 11 is 5.84. The van der Waals surface area contributed by atoms with Gasteiger partial charge < -0.3 is 14.8 Å². The number of nitrogens with one attached hydrogen (secondary N) is 2. The van der Waals surface area contributed by atoms with Crippen molar-refractivity contribution in [2.75, 3.05) is 17.9 Å². The van der Waals surface area contributed by atoms with Crippen LogP contribution in [0.2, 0.25) is 5.02 Å². The van der Waals surface area contributed by atoms with E-state index in [1.807, 2.05) is 25.1 Å². The van der Waals surface area contributed by atoms with E-state index in [0.717, 1.165) is 5.56 Å². The summed E-state index contributed by atoms with van der Waals surface area (Å²) in [6, 6.07) is 17.3. The Labute approximate surface area is 191 Å². The van der Waals surface area contributed by atoms with Crippen LogP contribution in [0.15, 0.2) is 71.6 Å². The molecule has 32 heavy (non-hydrogen) atoms. The Morgan fingerprint density at radius 1 is 0.969 bits per heavy atom. The number of anilines is 1. The first-order chi connectivity index (χ1) is 15.3. The predicted molar refractivity (Wildman–Crippen MR) is 122 cm³/mol. The Balaban J connectivity index is 1.48. The largest absolute Gasteiger partial charge is 0.486 e. The maximum Gasteiger partial charge on any atom is 0.261 e. The number of fused-ring (bicyclic) bond motifs is 1. The first-order valence-corrected chi connectivity index (χ1v) is 11.8. The van der Waals surface area contributed by atoms with E-state index in [-0.39, 0.29) is 16.5 Å². The van der Waals surface area contributed by atoms with Crippen molar-refractivity contribution in [3.8, 4) is 11.5 Å². The van der Waals surface area contributed by atoms with E-state index in [1.54, 1.807) is 30.3 Å². The van der Waals surface area contributed by atoms with Crippen LogP contribution in [0.4, 0.5) is 5.69 Å². The van der Waals surface area contributed by atoms with Gasteiger partial charge in [0.15, 0.2) is 11.5 Å². The molecule has 0 fully saturated rings. The molecule has 0 saturated carbocycles. The van der Waals surface area contributed by atoms with Crippen molar-refractivity contribution in [1.82, 2.24) is 5.32 Å². The minimum atomic E-state index is -3.88. The van der Waals surface area contributed by atoms with Gasteiger partial charge in [0.25, 0.3) is 15.9 Å². The van der Waals surface area contributed by atoms with Gasteiger partial charge in [0, 0.05) is 16.3 Å². The van der Waals surface area contributed by atoms with Crippen molar-refractivity contribution in [2.45, 2.75) is 17.9 Å². The summed E-state index contributed by atoms with van der Waals surface area (Å²) in [5.74, 6) is 0.914.